The molecule has 0 saturated carbocycles. The van der Waals surface area contributed by atoms with E-state index < -0.39 is 8.07 Å². The molecule has 0 bridgehead atoms. The monoisotopic (exact) mass is 240 g/mol. The third-order valence-corrected chi connectivity index (χ3v) is 5.38. The molecule has 0 aliphatic carbocycles. The van der Waals surface area contributed by atoms with Gasteiger partial charge >= 0.3 is 0 Å². The molecule has 3 heteroatoms. The second kappa shape index (κ2) is 7.11. The summed E-state index contributed by atoms with van der Waals surface area (Å²) in [7, 11) is -1.27. The SMILES string of the molecule is CCC[Si](C)(C)C#CCOC1CCCCO1. The van der Waals surface area contributed by atoms with Crippen molar-refractivity contribution in [2.45, 2.75) is 58.0 Å². The van der Waals surface area contributed by atoms with Crippen LogP contribution in [0.2, 0.25) is 19.1 Å². The summed E-state index contributed by atoms with van der Waals surface area (Å²) in [6.45, 7) is 8.24. The highest BCUT2D eigenvalue weighted by Gasteiger charge is 2.16. The molecule has 1 unspecified atom stereocenters. The van der Waals surface area contributed by atoms with Gasteiger partial charge in [-0.05, 0) is 25.3 Å². The summed E-state index contributed by atoms with van der Waals surface area (Å²) in [5.74, 6) is 3.17. The maximum atomic E-state index is 5.58. The normalized spacial score (nSPS) is 21.3. The summed E-state index contributed by atoms with van der Waals surface area (Å²) in [6, 6.07) is 1.28. The van der Waals surface area contributed by atoms with Crippen molar-refractivity contribution in [2.75, 3.05) is 13.2 Å². The predicted molar refractivity (Wildman–Crippen MR) is 69.9 cm³/mol. The Balaban J connectivity index is 2.20. The Bertz CT molecular complexity index is 246. The van der Waals surface area contributed by atoms with Crippen LogP contribution in [0.1, 0.15) is 32.6 Å². The van der Waals surface area contributed by atoms with Gasteiger partial charge in [-0.25, -0.2) is 0 Å². The molecule has 1 saturated heterocycles. The number of hydrogen-bond acceptors (Lipinski definition) is 2. The summed E-state index contributed by atoms with van der Waals surface area (Å²) in [5.41, 5.74) is 3.41. The number of rotatable bonds is 4. The van der Waals surface area contributed by atoms with E-state index in [0.717, 1.165) is 13.0 Å². The molecule has 1 atom stereocenters. The number of hydrogen-bond donors (Lipinski definition) is 0. The molecule has 0 N–H and O–H groups in total. The van der Waals surface area contributed by atoms with Gasteiger partial charge in [0.2, 0.25) is 0 Å². The first kappa shape index (κ1) is 13.8. The minimum absolute atomic E-state index is 0.000922. The maximum absolute atomic E-state index is 5.58. The molecule has 16 heavy (non-hydrogen) atoms. The average Bonchev–Trinajstić information content (AvgIpc) is 2.26. The molecule has 1 fully saturated rings. The van der Waals surface area contributed by atoms with Crippen LogP contribution in [-0.2, 0) is 9.47 Å². The van der Waals surface area contributed by atoms with E-state index in [-0.39, 0.29) is 6.29 Å². The lowest BCUT2D eigenvalue weighted by atomic mass is 10.2. The van der Waals surface area contributed by atoms with Gasteiger partial charge in [-0.1, -0.05) is 32.4 Å². The van der Waals surface area contributed by atoms with Gasteiger partial charge in [0.05, 0.1) is 0 Å². The fourth-order valence-corrected chi connectivity index (χ4v) is 3.87. The molecule has 92 valence electrons. The molecule has 0 aromatic heterocycles. The summed E-state index contributed by atoms with van der Waals surface area (Å²) >= 11 is 0. The zero-order chi connectivity index (χ0) is 11.9. The molecule has 2 nitrogen and oxygen atoms in total. The van der Waals surface area contributed by atoms with Gasteiger partial charge < -0.3 is 9.47 Å². The van der Waals surface area contributed by atoms with Gasteiger partial charge in [-0.3, -0.25) is 0 Å². The molecule has 0 aromatic carbocycles. The second-order valence-electron chi connectivity index (χ2n) is 5.04. The van der Waals surface area contributed by atoms with E-state index in [1.165, 1.54) is 25.3 Å². The lowest BCUT2D eigenvalue weighted by molar-refractivity contribution is -0.154. The van der Waals surface area contributed by atoms with Gasteiger partial charge in [0.15, 0.2) is 6.29 Å². The topological polar surface area (TPSA) is 18.5 Å². The third kappa shape index (κ3) is 5.69. The van der Waals surface area contributed by atoms with Crippen LogP contribution < -0.4 is 0 Å². The molecule has 1 rings (SSSR count). The van der Waals surface area contributed by atoms with Crippen molar-refractivity contribution in [1.29, 1.82) is 0 Å². The minimum atomic E-state index is -1.27. The summed E-state index contributed by atoms with van der Waals surface area (Å²) in [5, 5.41) is 0. The van der Waals surface area contributed by atoms with E-state index in [1.807, 2.05) is 0 Å². The highest BCUT2D eigenvalue weighted by atomic mass is 28.3. The third-order valence-electron chi connectivity index (χ3n) is 2.78. The molecule has 0 aromatic rings. The molecule has 0 spiro atoms. The van der Waals surface area contributed by atoms with Crippen LogP contribution in [-0.4, -0.2) is 27.6 Å². The Kier molecular flexibility index (Phi) is 6.11. The molecule has 1 heterocycles. The van der Waals surface area contributed by atoms with E-state index in [0.29, 0.717) is 6.61 Å². The first-order valence-corrected chi connectivity index (χ1v) is 9.58. The summed E-state index contributed by atoms with van der Waals surface area (Å²) in [6.07, 6.45) is 4.65. The summed E-state index contributed by atoms with van der Waals surface area (Å²) in [4.78, 5) is 0. The Labute approximate surface area is 101 Å². The Morgan fingerprint density at radius 2 is 2.19 bits per heavy atom. The van der Waals surface area contributed by atoms with Gasteiger partial charge in [-0.2, -0.15) is 0 Å². The standard InChI is InChI=1S/C13H24O2Si/c1-4-11-16(2,3)12-7-10-15-13-8-5-6-9-14-13/h13H,4-6,8-11H2,1-3H3. The number of ether oxygens (including phenoxy) is 2. The highest BCUT2D eigenvalue weighted by Crippen LogP contribution is 2.13. The molecule has 1 aliphatic heterocycles. The first-order valence-electron chi connectivity index (χ1n) is 6.37. The van der Waals surface area contributed by atoms with Crippen molar-refractivity contribution in [3.8, 4) is 11.5 Å². The fourth-order valence-electron chi connectivity index (χ4n) is 1.94. The smallest absolute Gasteiger partial charge is 0.158 e. The van der Waals surface area contributed by atoms with Crippen LogP contribution in [0.5, 0.6) is 0 Å². The van der Waals surface area contributed by atoms with E-state index in [1.54, 1.807) is 0 Å². The van der Waals surface area contributed by atoms with Crippen molar-refractivity contribution in [3.63, 3.8) is 0 Å². The van der Waals surface area contributed by atoms with Crippen LogP contribution in [0.15, 0.2) is 0 Å². The lowest BCUT2D eigenvalue weighted by Gasteiger charge is -2.21. The van der Waals surface area contributed by atoms with Crippen molar-refractivity contribution >= 4 is 8.07 Å². The molecule has 1 aliphatic rings. The molecular weight excluding hydrogens is 216 g/mol. The van der Waals surface area contributed by atoms with Gasteiger partial charge in [-0.15, -0.1) is 5.54 Å². The Morgan fingerprint density at radius 3 is 2.81 bits per heavy atom. The minimum Gasteiger partial charge on any atom is -0.353 e. The van der Waals surface area contributed by atoms with E-state index in [4.69, 9.17) is 9.47 Å². The second-order valence-corrected chi connectivity index (χ2v) is 9.56. The Morgan fingerprint density at radius 1 is 1.38 bits per heavy atom. The van der Waals surface area contributed by atoms with Crippen molar-refractivity contribution in [2.24, 2.45) is 0 Å². The maximum Gasteiger partial charge on any atom is 0.158 e. The van der Waals surface area contributed by atoms with Crippen molar-refractivity contribution in [1.82, 2.24) is 0 Å². The van der Waals surface area contributed by atoms with Gasteiger partial charge in [0.25, 0.3) is 0 Å². The van der Waals surface area contributed by atoms with E-state index >= 15 is 0 Å². The molecule has 0 radical (unpaired) electrons. The van der Waals surface area contributed by atoms with Crippen molar-refractivity contribution in [3.05, 3.63) is 0 Å². The van der Waals surface area contributed by atoms with E-state index in [9.17, 15) is 0 Å². The fraction of sp³-hybridized carbons (Fsp3) is 0.846. The van der Waals surface area contributed by atoms with Crippen LogP contribution in [0.3, 0.4) is 0 Å². The zero-order valence-corrected chi connectivity index (χ0v) is 11.8. The molecular formula is C13H24O2Si. The van der Waals surface area contributed by atoms with Gasteiger partial charge in [0.1, 0.15) is 14.7 Å². The molecule has 0 amide bonds. The van der Waals surface area contributed by atoms with Gasteiger partial charge in [0, 0.05) is 6.61 Å². The van der Waals surface area contributed by atoms with Crippen LogP contribution in [0.4, 0.5) is 0 Å². The highest BCUT2D eigenvalue weighted by molar-refractivity contribution is 6.85. The predicted octanol–water partition coefficient (Wildman–Crippen LogP) is 3.19. The van der Waals surface area contributed by atoms with Crippen LogP contribution >= 0.6 is 0 Å². The quantitative estimate of drug-likeness (QED) is 0.555. The average molecular weight is 240 g/mol. The first-order chi connectivity index (χ1) is 7.64. The largest absolute Gasteiger partial charge is 0.353 e. The van der Waals surface area contributed by atoms with Crippen LogP contribution in [0, 0.1) is 11.5 Å². The summed E-state index contributed by atoms with van der Waals surface area (Å²) < 4.78 is 11.1. The van der Waals surface area contributed by atoms with Crippen molar-refractivity contribution < 1.29 is 9.47 Å². The zero-order valence-electron chi connectivity index (χ0n) is 10.8. The Hall–Kier alpha value is -0.303. The van der Waals surface area contributed by atoms with E-state index in [2.05, 4.69) is 31.5 Å². The van der Waals surface area contributed by atoms with Crippen LogP contribution in [0.25, 0.3) is 0 Å². The lowest BCUT2D eigenvalue weighted by Crippen LogP contribution is -2.24.